The minimum Gasteiger partial charge on any atom is -0.337 e. The Balaban J connectivity index is 1.39. The average Bonchev–Trinajstić information content (AvgIpc) is 3.00. The third kappa shape index (κ3) is 9.85. The SMILES string of the molecule is O=C(CCCc1ccccc1)N(CCN(Cc1ccccc1)C(=O)CCCc1ccccc1)Cc1ccccc1. The van der Waals surface area contributed by atoms with Gasteiger partial charge in [0.1, 0.15) is 0 Å². The molecular weight excluding hydrogens is 492 g/mol. The van der Waals surface area contributed by atoms with Gasteiger partial charge in [-0.15, -0.1) is 0 Å². The predicted octanol–water partition coefficient (Wildman–Crippen LogP) is 7.09. The molecule has 0 aliphatic rings. The van der Waals surface area contributed by atoms with Crippen molar-refractivity contribution in [3.8, 4) is 0 Å². The van der Waals surface area contributed by atoms with Crippen LogP contribution in [0, 0.1) is 0 Å². The Hall–Kier alpha value is -4.18. The molecule has 0 N–H and O–H groups in total. The highest BCUT2D eigenvalue weighted by atomic mass is 16.2. The molecule has 0 atom stereocenters. The Morgan fingerprint density at radius 2 is 0.725 bits per heavy atom. The Morgan fingerprint density at radius 1 is 0.425 bits per heavy atom. The fraction of sp³-hybridized carbons (Fsp3) is 0.278. The molecule has 0 aliphatic carbocycles. The summed E-state index contributed by atoms with van der Waals surface area (Å²) in [5.74, 6) is 0.270. The van der Waals surface area contributed by atoms with Gasteiger partial charge in [-0.3, -0.25) is 9.59 Å². The van der Waals surface area contributed by atoms with Crippen LogP contribution in [0.3, 0.4) is 0 Å². The minimum absolute atomic E-state index is 0.135. The van der Waals surface area contributed by atoms with Crippen LogP contribution in [0.5, 0.6) is 0 Å². The van der Waals surface area contributed by atoms with Crippen LogP contribution < -0.4 is 0 Å². The predicted molar refractivity (Wildman–Crippen MR) is 162 cm³/mol. The highest BCUT2D eigenvalue weighted by Gasteiger charge is 2.19. The maximum absolute atomic E-state index is 13.4. The molecule has 2 amide bonds. The van der Waals surface area contributed by atoms with E-state index < -0.39 is 0 Å². The zero-order valence-corrected chi connectivity index (χ0v) is 23.3. The zero-order chi connectivity index (χ0) is 27.8. The third-order valence-corrected chi connectivity index (χ3v) is 7.18. The quantitative estimate of drug-likeness (QED) is 0.164. The van der Waals surface area contributed by atoms with Crippen molar-refractivity contribution in [2.24, 2.45) is 0 Å². The number of nitrogens with zero attached hydrogens (tertiary/aromatic N) is 2. The molecule has 4 nitrogen and oxygen atoms in total. The van der Waals surface area contributed by atoms with E-state index in [1.54, 1.807) is 0 Å². The maximum Gasteiger partial charge on any atom is 0.222 e. The zero-order valence-electron chi connectivity index (χ0n) is 23.3. The van der Waals surface area contributed by atoms with Gasteiger partial charge in [-0.1, -0.05) is 121 Å². The van der Waals surface area contributed by atoms with Gasteiger partial charge in [0.2, 0.25) is 11.8 Å². The van der Waals surface area contributed by atoms with Gasteiger partial charge in [-0.2, -0.15) is 0 Å². The normalized spacial score (nSPS) is 10.7. The first kappa shape index (κ1) is 28.8. The van der Waals surface area contributed by atoms with Crippen LogP contribution in [0.2, 0.25) is 0 Å². The second-order valence-corrected chi connectivity index (χ2v) is 10.3. The highest BCUT2D eigenvalue weighted by Crippen LogP contribution is 2.13. The fourth-order valence-electron chi connectivity index (χ4n) is 4.93. The van der Waals surface area contributed by atoms with Crippen molar-refractivity contribution in [1.82, 2.24) is 9.80 Å². The summed E-state index contributed by atoms with van der Waals surface area (Å²) in [4.78, 5) is 30.7. The van der Waals surface area contributed by atoms with Crippen molar-refractivity contribution in [3.63, 3.8) is 0 Å². The molecular formula is C36H40N2O2. The van der Waals surface area contributed by atoms with Crippen LogP contribution in [-0.4, -0.2) is 34.7 Å². The van der Waals surface area contributed by atoms with Crippen LogP contribution in [0.1, 0.15) is 47.9 Å². The first-order chi connectivity index (χ1) is 19.7. The van der Waals surface area contributed by atoms with Gasteiger partial charge >= 0.3 is 0 Å². The second kappa shape index (κ2) is 16.0. The van der Waals surface area contributed by atoms with Crippen molar-refractivity contribution in [2.75, 3.05) is 13.1 Å². The van der Waals surface area contributed by atoms with Crippen LogP contribution in [0.15, 0.2) is 121 Å². The van der Waals surface area contributed by atoms with E-state index >= 15 is 0 Å². The standard InChI is InChI=1S/C36H40N2O2/c39-35(25-13-23-31-15-5-1-6-16-31)37(29-33-19-9-3-10-20-33)27-28-38(30-34-21-11-4-12-22-34)36(40)26-14-24-32-17-7-2-8-18-32/h1-12,15-22H,13-14,23-30H2. The number of hydrogen-bond donors (Lipinski definition) is 0. The monoisotopic (exact) mass is 532 g/mol. The summed E-state index contributed by atoms with van der Waals surface area (Å²) in [6, 6.07) is 40.8. The lowest BCUT2D eigenvalue weighted by Crippen LogP contribution is -2.40. The van der Waals surface area contributed by atoms with Gasteiger partial charge in [-0.05, 0) is 47.9 Å². The molecule has 4 rings (SSSR count). The lowest BCUT2D eigenvalue weighted by molar-refractivity contribution is -0.136. The summed E-state index contributed by atoms with van der Waals surface area (Å²) in [7, 11) is 0. The van der Waals surface area contributed by atoms with Gasteiger partial charge in [0.15, 0.2) is 0 Å². The summed E-state index contributed by atoms with van der Waals surface area (Å²) in [5, 5.41) is 0. The molecule has 40 heavy (non-hydrogen) atoms. The molecule has 0 spiro atoms. The highest BCUT2D eigenvalue weighted by molar-refractivity contribution is 5.77. The third-order valence-electron chi connectivity index (χ3n) is 7.18. The van der Waals surface area contributed by atoms with Crippen molar-refractivity contribution >= 4 is 11.8 Å². The molecule has 4 heteroatoms. The summed E-state index contributed by atoms with van der Waals surface area (Å²) in [6.07, 6.45) is 4.36. The van der Waals surface area contributed by atoms with Crippen molar-refractivity contribution in [1.29, 1.82) is 0 Å². The van der Waals surface area contributed by atoms with Crippen molar-refractivity contribution < 1.29 is 9.59 Å². The summed E-state index contributed by atoms with van der Waals surface area (Å²) < 4.78 is 0. The van der Waals surface area contributed by atoms with E-state index in [4.69, 9.17) is 0 Å². The largest absolute Gasteiger partial charge is 0.337 e. The molecule has 0 aromatic heterocycles. The number of benzene rings is 4. The molecule has 0 unspecified atom stereocenters. The average molecular weight is 533 g/mol. The lowest BCUT2D eigenvalue weighted by atomic mass is 10.1. The molecule has 0 saturated heterocycles. The second-order valence-electron chi connectivity index (χ2n) is 10.3. The van der Waals surface area contributed by atoms with E-state index in [0.29, 0.717) is 39.0 Å². The summed E-state index contributed by atoms with van der Waals surface area (Å²) >= 11 is 0. The molecule has 0 bridgehead atoms. The van der Waals surface area contributed by atoms with Gasteiger partial charge in [0.05, 0.1) is 0 Å². The first-order valence-electron chi connectivity index (χ1n) is 14.4. The van der Waals surface area contributed by atoms with E-state index in [1.807, 2.05) is 82.6 Å². The Morgan fingerprint density at radius 3 is 1.05 bits per heavy atom. The molecule has 4 aromatic carbocycles. The smallest absolute Gasteiger partial charge is 0.222 e. The van der Waals surface area contributed by atoms with E-state index in [2.05, 4.69) is 48.5 Å². The van der Waals surface area contributed by atoms with Crippen molar-refractivity contribution in [3.05, 3.63) is 144 Å². The Bertz CT molecular complexity index is 1170. The molecule has 0 heterocycles. The van der Waals surface area contributed by atoms with Crippen LogP contribution in [0.4, 0.5) is 0 Å². The molecule has 0 saturated carbocycles. The minimum atomic E-state index is 0.135. The number of carbonyl (C=O) groups is 2. The number of amides is 2. The van der Waals surface area contributed by atoms with Gasteiger partial charge in [-0.25, -0.2) is 0 Å². The fourth-order valence-corrected chi connectivity index (χ4v) is 4.93. The number of rotatable bonds is 15. The molecule has 0 radical (unpaired) electrons. The molecule has 4 aromatic rings. The first-order valence-corrected chi connectivity index (χ1v) is 14.4. The molecule has 0 aliphatic heterocycles. The van der Waals surface area contributed by atoms with E-state index in [1.165, 1.54) is 11.1 Å². The maximum atomic E-state index is 13.4. The van der Waals surface area contributed by atoms with Crippen LogP contribution >= 0.6 is 0 Å². The van der Waals surface area contributed by atoms with E-state index in [0.717, 1.165) is 36.8 Å². The number of hydrogen-bond acceptors (Lipinski definition) is 2. The molecule has 206 valence electrons. The van der Waals surface area contributed by atoms with Gasteiger partial charge in [0, 0.05) is 39.0 Å². The Kier molecular flexibility index (Phi) is 11.6. The van der Waals surface area contributed by atoms with Crippen LogP contribution in [-0.2, 0) is 35.5 Å². The van der Waals surface area contributed by atoms with Gasteiger partial charge in [0.25, 0.3) is 0 Å². The summed E-state index contributed by atoms with van der Waals surface area (Å²) in [5.41, 5.74) is 4.70. The van der Waals surface area contributed by atoms with Crippen molar-refractivity contribution in [2.45, 2.75) is 51.6 Å². The summed E-state index contributed by atoms with van der Waals surface area (Å²) in [6.45, 7) is 2.12. The Labute approximate surface area is 239 Å². The topological polar surface area (TPSA) is 40.6 Å². The van der Waals surface area contributed by atoms with E-state index in [-0.39, 0.29) is 11.8 Å². The van der Waals surface area contributed by atoms with Crippen LogP contribution in [0.25, 0.3) is 0 Å². The number of aryl methyl sites for hydroxylation is 2. The molecule has 0 fully saturated rings. The number of carbonyl (C=O) groups excluding carboxylic acids is 2. The lowest BCUT2D eigenvalue weighted by Gasteiger charge is -2.29. The van der Waals surface area contributed by atoms with E-state index in [9.17, 15) is 9.59 Å². The van der Waals surface area contributed by atoms with Gasteiger partial charge < -0.3 is 9.80 Å².